The van der Waals surface area contributed by atoms with Gasteiger partial charge in [-0.25, -0.2) is 0 Å². The van der Waals surface area contributed by atoms with Crippen LogP contribution in [-0.4, -0.2) is 87.7 Å². The lowest BCUT2D eigenvalue weighted by Crippen LogP contribution is -2.57. The zero-order chi connectivity index (χ0) is 40.8. The maximum absolute atomic E-state index is 14.5. The first kappa shape index (κ1) is 41.1. The van der Waals surface area contributed by atoms with Gasteiger partial charge in [0.15, 0.2) is 0 Å². The number of hydrogen-bond donors (Lipinski definition) is 2. The average Bonchev–Trinajstić information content (AvgIpc) is 3.96. The number of benzene rings is 2. The summed E-state index contributed by atoms with van der Waals surface area (Å²) in [4.78, 5) is 61.1. The lowest BCUT2D eigenvalue weighted by atomic mass is 9.86. The number of thioether (sulfide) groups is 2. The summed E-state index contributed by atoms with van der Waals surface area (Å²) in [6.45, 7) is 2.09. The van der Waals surface area contributed by atoms with E-state index in [1.54, 1.807) is 23.5 Å². The minimum absolute atomic E-state index is 0. The number of nitrogens with zero attached hydrogens (tertiary/aromatic N) is 6. The third-order valence-electron chi connectivity index (χ3n) is 12.4. The zero-order valence-electron chi connectivity index (χ0n) is 33.3. The summed E-state index contributed by atoms with van der Waals surface area (Å²) in [5.74, 6) is 0.512. The maximum atomic E-state index is 14.5. The van der Waals surface area contributed by atoms with Gasteiger partial charge in [-0.15, -0.1) is 43.9 Å². The molecule has 2 aromatic heterocycles. The number of aromatic nitrogens is 4. The van der Waals surface area contributed by atoms with E-state index in [1.807, 2.05) is 70.5 Å². The monoisotopic (exact) mass is 846 g/mol. The van der Waals surface area contributed by atoms with Crippen molar-refractivity contribution < 1.29 is 32.3 Å². The molecule has 8 rings (SSSR count). The summed E-state index contributed by atoms with van der Waals surface area (Å²) >= 11 is 3.47. The molecule has 1 unspecified atom stereocenters. The van der Waals surface area contributed by atoms with E-state index in [-0.39, 0.29) is 45.4 Å². The van der Waals surface area contributed by atoms with Gasteiger partial charge in [-0.05, 0) is 107 Å². The Morgan fingerprint density at radius 1 is 0.763 bits per heavy atom. The number of piperidine rings is 2. The van der Waals surface area contributed by atoms with Gasteiger partial charge >= 0.3 is 0 Å². The smallest absolute Gasteiger partial charge is 0.246 e. The Bertz CT molecular complexity index is 2040. The number of nitrogens with one attached hydrogen (secondary N) is 2. The molecule has 0 bridgehead atoms. The summed E-state index contributed by atoms with van der Waals surface area (Å²) in [6, 6.07) is 17.6. The minimum atomic E-state index is -0.726. The van der Waals surface area contributed by atoms with Crippen LogP contribution in [0, 0.1) is 11.8 Å². The van der Waals surface area contributed by atoms with Crippen LogP contribution in [0.3, 0.4) is 0 Å². The topological polar surface area (TPSA) is 177 Å². The zero-order valence-corrected chi connectivity index (χ0v) is 35.0. The highest BCUT2D eigenvalue weighted by molar-refractivity contribution is 8.00. The van der Waals surface area contributed by atoms with Crippen LogP contribution >= 0.6 is 23.5 Å². The number of amides is 4. The molecule has 59 heavy (non-hydrogen) atoms. The molecule has 4 amide bonds. The molecule has 2 aromatic carbocycles. The van der Waals surface area contributed by atoms with Gasteiger partial charge in [-0.2, -0.15) is 0 Å². The number of hydrogen-bond acceptors (Lipinski definition) is 12. The molecule has 0 spiro atoms. The van der Waals surface area contributed by atoms with Crippen LogP contribution in [0.15, 0.2) is 82.3 Å². The highest BCUT2D eigenvalue weighted by atomic mass is 32.2. The molecule has 4 aliphatic heterocycles. The van der Waals surface area contributed by atoms with E-state index < -0.39 is 28.8 Å². The Hall–Kier alpha value is -4.70. The van der Waals surface area contributed by atoms with Gasteiger partial charge in [0.05, 0.1) is 10.2 Å². The molecule has 4 fully saturated rings. The lowest BCUT2D eigenvalue weighted by molar-refractivity contribution is -0.145. The molecule has 8 atom stereocenters. The molecule has 6 heterocycles. The van der Waals surface area contributed by atoms with E-state index in [9.17, 15) is 19.2 Å². The summed E-state index contributed by atoms with van der Waals surface area (Å²) in [5.41, 5.74) is 1.99. The quantitative estimate of drug-likeness (QED) is 0.144. The first-order chi connectivity index (χ1) is 28.8. The normalized spacial score (nSPS) is 27.1. The first-order valence-corrected chi connectivity index (χ1v) is 22.9. The highest BCUT2D eigenvalue weighted by Crippen LogP contribution is 2.48. The largest absolute Gasteiger partial charge is 0.426 e. The number of fused-ring (bicyclic) bond motifs is 2. The summed E-state index contributed by atoms with van der Waals surface area (Å²) in [7, 11) is 0. The van der Waals surface area contributed by atoms with Gasteiger partial charge in [0.2, 0.25) is 48.2 Å². The van der Waals surface area contributed by atoms with E-state index in [0.717, 1.165) is 49.0 Å². The second kappa shape index (κ2) is 18.7. The van der Waals surface area contributed by atoms with Gasteiger partial charge in [0.25, 0.3) is 0 Å². The third kappa shape index (κ3) is 9.38. The van der Waals surface area contributed by atoms with Crippen molar-refractivity contribution in [3.8, 4) is 0 Å². The molecule has 4 saturated heterocycles. The van der Waals surface area contributed by atoms with Gasteiger partial charge in [0, 0.05) is 16.1 Å². The predicted octanol–water partition coefficient (Wildman–Crippen LogP) is 6.78. The van der Waals surface area contributed by atoms with E-state index >= 15 is 0 Å². The molecular weight excluding hydrogens is 789 g/mol. The number of rotatable bonds is 13. The molecule has 16 heteroatoms. The van der Waals surface area contributed by atoms with E-state index in [0.29, 0.717) is 62.5 Å². The Labute approximate surface area is 357 Å². The van der Waals surface area contributed by atoms with Crippen molar-refractivity contribution in [3.63, 3.8) is 0 Å². The standard InChI is InChI=1S/C43H52N8O6S2.3H2/c1-43-21-9-15-35(40-49-45-27-57-40)51(43)42(55)33(20-23-59-43)47-38(53)31(25-29-12-6-3-7-13-29)18-17-30(24-28-10-4-2-5-11-28)37(52)46-32-19-22-58-36-16-8-14-34(50(36)41(32)54)39-48-44-26-56-39;;;/h2-7,10-13,26-27,30-36H,8-9,14-25H2,1H3,(H,46,52)(H,47,53);3*1H/t30-,31-,32+,33+,34+,35+,36+,43?;;;/m1.../s1. The van der Waals surface area contributed by atoms with Crippen molar-refractivity contribution in [3.05, 3.63) is 96.4 Å². The fourth-order valence-electron chi connectivity index (χ4n) is 9.30. The molecule has 318 valence electrons. The van der Waals surface area contributed by atoms with Crippen molar-refractivity contribution in [2.24, 2.45) is 11.8 Å². The summed E-state index contributed by atoms with van der Waals surface area (Å²) in [6.07, 6.45) is 10.2. The van der Waals surface area contributed by atoms with Crippen molar-refractivity contribution in [2.75, 3.05) is 11.5 Å². The Kier molecular flexibility index (Phi) is 13.0. The van der Waals surface area contributed by atoms with Crippen LogP contribution in [0.2, 0.25) is 0 Å². The molecule has 14 nitrogen and oxygen atoms in total. The fraction of sp³-hybridized carbons (Fsp3) is 0.535. The molecular formula is C43H58N8O6S2. The number of carbonyl (C=O) groups is 4. The van der Waals surface area contributed by atoms with Crippen molar-refractivity contribution in [2.45, 2.75) is 118 Å². The van der Waals surface area contributed by atoms with Crippen LogP contribution < -0.4 is 10.6 Å². The van der Waals surface area contributed by atoms with Crippen molar-refractivity contribution in [1.82, 2.24) is 40.8 Å². The predicted molar refractivity (Wildman–Crippen MR) is 229 cm³/mol. The van der Waals surface area contributed by atoms with Gasteiger partial charge in [-0.1, -0.05) is 60.7 Å². The highest BCUT2D eigenvalue weighted by Gasteiger charge is 2.49. The summed E-state index contributed by atoms with van der Waals surface area (Å²) < 4.78 is 11.2. The lowest BCUT2D eigenvalue weighted by Gasteiger charge is -2.47. The van der Waals surface area contributed by atoms with Crippen LogP contribution in [0.4, 0.5) is 0 Å². The van der Waals surface area contributed by atoms with Gasteiger partial charge < -0.3 is 29.3 Å². The second-order valence-corrected chi connectivity index (χ2v) is 19.1. The van der Waals surface area contributed by atoms with Gasteiger partial charge in [-0.3, -0.25) is 19.2 Å². The van der Waals surface area contributed by atoms with Gasteiger partial charge in [0.1, 0.15) is 24.2 Å². The molecule has 4 aromatic rings. The fourth-order valence-corrected chi connectivity index (χ4v) is 12.1. The van der Waals surface area contributed by atoms with E-state index in [2.05, 4.69) is 38.0 Å². The average molecular weight is 847 g/mol. The Balaban J connectivity index is 0.00000242. The molecule has 2 N–H and O–H groups in total. The van der Waals surface area contributed by atoms with Crippen LogP contribution in [0.25, 0.3) is 0 Å². The third-order valence-corrected chi connectivity index (χ3v) is 15.1. The minimum Gasteiger partial charge on any atom is -0.426 e. The van der Waals surface area contributed by atoms with Crippen LogP contribution in [0.1, 0.15) is 110 Å². The maximum Gasteiger partial charge on any atom is 0.246 e. The Morgan fingerprint density at radius 3 is 1.92 bits per heavy atom. The Morgan fingerprint density at radius 2 is 1.32 bits per heavy atom. The second-order valence-electron chi connectivity index (χ2n) is 16.3. The molecule has 0 radical (unpaired) electrons. The van der Waals surface area contributed by atoms with Crippen LogP contribution in [0.5, 0.6) is 0 Å². The molecule has 0 saturated carbocycles. The first-order valence-electron chi connectivity index (χ1n) is 20.9. The summed E-state index contributed by atoms with van der Waals surface area (Å²) in [5, 5.41) is 22.4. The van der Waals surface area contributed by atoms with Crippen LogP contribution in [-0.2, 0) is 32.0 Å². The molecule has 0 aliphatic carbocycles. The van der Waals surface area contributed by atoms with Crippen molar-refractivity contribution >= 4 is 47.2 Å². The number of carbonyl (C=O) groups excluding carboxylic acids is 4. The van der Waals surface area contributed by atoms with Crippen molar-refractivity contribution in [1.29, 1.82) is 0 Å². The van der Waals surface area contributed by atoms with E-state index in [4.69, 9.17) is 8.83 Å². The molecule has 4 aliphatic rings. The van der Waals surface area contributed by atoms with E-state index in [1.165, 1.54) is 12.8 Å². The SMILES string of the molecule is CC12CCC[C@@H](c3nnco3)N1C(=O)[C@@H](NC(=O)[C@H](CC[C@H](Cc1ccccc1)C(=O)N[C@H]1CCS[C@H]3CCC[C@@H](c4nnco4)N3C1=O)Cc1ccccc1)CCS2.[HH].[HH].[HH].